The average molecular weight is 742 g/mol. The van der Waals surface area contributed by atoms with Crippen molar-refractivity contribution in [2.24, 2.45) is 0 Å². The van der Waals surface area contributed by atoms with Gasteiger partial charge in [-0.05, 0) is 6.42 Å². The van der Waals surface area contributed by atoms with Crippen molar-refractivity contribution < 1.29 is 52.5 Å². The smallest absolute Gasteiger partial charge is 0.303 e. The first kappa shape index (κ1) is 48.8. The number of nitrogens with one attached hydrogen (secondary N) is 1. The summed E-state index contributed by atoms with van der Waals surface area (Å²) in [4.78, 5) is 72.8. The molecule has 0 aromatic carbocycles. The monoisotopic (exact) mass is 742 g/mol. The van der Waals surface area contributed by atoms with Gasteiger partial charge in [-0.3, -0.25) is 28.8 Å². The average Bonchev–Trinajstić information content (AvgIpc) is 3.07. The zero-order chi connectivity index (χ0) is 39.0. The molecule has 4 atom stereocenters. The molecule has 52 heavy (non-hydrogen) atoms. The minimum Gasteiger partial charge on any atom is -0.462 e. The minimum atomic E-state index is -1.76. The molecule has 0 fully saturated rings. The van der Waals surface area contributed by atoms with Gasteiger partial charge in [0.1, 0.15) is 6.61 Å². The van der Waals surface area contributed by atoms with Crippen molar-refractivity contribution in [3.63, 3.8) is 0 Å². The maximum absolute atomic E-state index is 13.3. The standard InChI is InChI=1S/C40H71NO11/c1-7-8-9-10-11-12-13-14-15-16-17-18-19-20-21-22-23-24-25-26-27-28-29-41-40(47)39(52-35(6)46)38(51-34(5)45)37(50-33(4)44)36(49-32(3)43)30-48-31(2)42/h36-39H,7-30H2,1-6H3,(H,41,47)/t36-,37+,38-,39+/m0/s1. The molecule has 0 heterocycles. The molecule has 0 bridgehead atoms. The van der Waals surface area contributed by atoms with Crippen LogP contribution >= 0.6 is 0 Å². The maximum atomic E-state index is 13.3. The molecule has 0 aliphatic heterocycles. The molecule has 0 rings (SSSR count). The summed E-state index contributed by atoms with van der Waals surface area (Å²) in [6, 6.07) is 0. The molecular formula is C40H71NO11. The van der Waals surface area contributed by atoms with Crippen LogP contribution in [0.3, 0.4) is 0 Å². The van der Waals surface area contributed by atoms with E-state index in [4.69, 9.17) is 23.7 Å². The fraction of sp³-hybridized carbons (Fsp3) is 0.850. The lowest BCUT2D eigenvalue weighted by Gasteiger charge is -2.34. The number of hydrogen-bond donors (Lipinski definition) is 1. The van der Waals surface area contributed by atoms with Crippen LogP contribution in [0.25, 0.3) is 0 Å². The van der Waals surface area contributed by atoms with Crippen LogP contribution in [0.5, 0.6) is 0 Å². The van der Waals surface area contributed by atoms with E-state index >= 15 is 0 Å². The molecule has 0 radical (unpaired) electrons. The van der Waals surface area contributed by atoms with Crippen LogP contribution in [-0.2, 0) is 52.5 Å². The lowest BCUT2D eigenvalue weighted by molar-refractivity contribution is -0.203. The van der Waals surface area contributed by atoms with E-state index in [9.17, 15) is 28.8 Å². The quantitative estimate of drug-likeness (QED) is 0.0394. The lowest BCUT2D eigenvalue weighted by atomic mass is 10.0. The second kappa shape index (κ2) is 32.5. The van der Waals surface area contributed by atoms with Crippen molar-refractivity contribution in [2.75, 3.05) is 13.2 Å². The number of rotatable bonds is 33. The van der Waals surface area contributed by atoms with Gasteiger partial charge < -0.3 is 29.0 Å². The van der Waals surface area contributed by atoms with E-state index in [1.54, 1.807) is 0 Å². The summed E-state index contributed by atoms with van der Waals surface area (Å²) in [7, 11) is 0. The Morgan fingerprint density at radius 2 is 0.769 bits per heavy atom. The third-order valence-electron chi connectivity index (χ3n) is 8.74. The van der Waals surface area contributed by atoms with Crippen molar-refractivity contribution in [2.45, 2.75) is 207 Å². The molecule has 0 saturated heterocycles. The first-order valence-corrected chi connectivity index (χ1v) is 20.0. The highest BCUT2D eigenvalue weighted by Crippen LogP contribution is 2.21. The van der Waals surface area contributed by atoms with Crippen molar-refractivity contribution >= 4 is 35.8 Å². The number of esters is 5. The van der Waals surface area contributed by atoms with Gasteiger partial charge in [0, 0.05) is 41.2 Å². The highest BCUT2D eigenvalue weighted by Gasteiger charge is 2.46. The number of carbonyl (C=O) groups is 6. The predicted octanol–water partition coefficient (Wildman–Crippen LogP) is 7.99. The maximum Gasteiger partial charge on any atom is 0.303 e. The normalized spacial score (nSPS) is 13.3. The van der Waals surface area contributed by atoms with Crippen LogP contribution in [0.1, 0.15) is 183 Å². The summed E-state index contributed by atoms with van der Waals surface area (Å²) >= 11 is 0. The SMILES string of the molecule is CCCCCCCCCCCCCCCCCCCCCCCCNC(=O)[C@H](OC(C)=O)[C@@H](OC(C)=O)[C@H](OC(C)=O)[C@H](COC(C)=O)OC(C)=O. The number of carbonyl (C=O) groups excluding carboxylic acids is 6. The lowest BCUT2D eigenvalue weighted by Crippen LogP contribution is -2.57. The molecular weight excluding hydrogens is 670 g/mol. The van der Waals surface area contributed by atoms with Gasteiger partial charge in [-0.25, -0.2) is 0 Å². The predicted molar refractivity (Wildman–Crippen MR) is 199 cm³/mol. The Balaban J connectivity index is 4.55. The highest BCUT2D eigenvalue weighted by atomic mass is 16.6. The van der Waals surface area contributed by atoms with Crippen LogP contribution in [0.15, 0.2) is 0 Å². The van der Waals surface area contributed by atoms with Crippen molar-refractivity contribution in [1.82, 2.24) is 5.32 Å². The van der Waals surface area contributed by atoms with Gasteiger partial charge in [-0.1, -0.05) is 142 Å². The summed E-state index contributed by atoms with van der Waals surface area (Å²) in [5, 5.41) is 2.70. The Labute approximate surface area is 313 Å². The molecule has 0 saturated carbocycles. The summed E-state index contributed by atoms with van der Waals surface area (Å²) < 4.78 is 26.1. The Morgan fingerprint density at radius 3 is 1.12 bits per heavy atom. The third-order valence-corrected chi connectivity index (χ3v) is 8.74. The van der Waals surface area contributed by atoms with E-state index in [-0.39, 0.29) is 6.54 Å². The van der Waals surface area contributed by atoms with E-state index in [1.807, 2.05) is 0 Å². The number of hydrogen-bond acceptors (Lipinski definition) is 11. The fourth-order valence-electron chi connectivity index (χ4n) is 6.14. The second-order valence-corrected chi connectivity index (χ2v) is 13.8. The molecule has 0 unspecified atom stereocenters. The van der Waals surface area contributed by atoms with Crippen molar-refractivity contribution in [3.8, 4) is 0 Å². The first-order valence-electron chi connectivity index (χ1n) is 20.0. The molecule has 0 aromatic rings. The van der Waals surface area contributed by atoms with Gasteiger partial charge in [0.25, 0.3) is 5.91 Å². The van der Waals surface area contributed by atoms with Crippen LogP contribution < -0.4 is 5.32 Å². The Bertz CT molecular complexity index is 1000. The second-order valence-electron chi connectivity index (χ2n) is 13.8. The number of ether oxygens (including phenoxy) is 5. The van der Waals surface area contributed by atoms with Gasteiger partial charge in [0.05, 0.1) is 0 Å². The summed E-state index contributed by atoms with van der Waals surface area (Å²) in [6.45, 7) is 7.30. The molecule has 0 aliphatic rings. The Kier molecular flexibility index (Phi) is 30.5. The fourth-order valence-corrected chi connectivity index (χ4v) is 6.14. The zero-order valence-corrected chi connectivity index (χ0v) is 33.3. The van der Waals surface area contributed by atoms with Crippen molar-refractivity contribution in [3.05, 3.63) is 0 Å². The molecule has 12 heteroatoms. The minimum absolute atomic E-state index is 0.265. The van der Waals surface area contributed by atoms with E-state index in [0.29, 0.717) is 6.42 Å². The Hall–Kier alpha value is -3.18. The molecule has 302 valence electrons. The number of amides is 1. The van der Waals surface area contributed by atoms with Gasteiger partial charge in [-0.2, -0.15) is 0 Å². The topological polar surface area (TPSA) is 161 Å². The van der Waals surface area contributed by atoms with Crippen LogP contribution in [0.4, 0.5) is 0 Å². The van der Waals surface area contributed by atoms with E-state index < -0.39 is 66.8 Å². The highest BCUT2D eigenvalue weighted by molar-refractivity contribution is 5.84. The van der Waals surface area contributed by atoms with Gasteiger partial charge in [0.15, 0.2) is 18.3 Å². The van der Waals surface area contributed by atoms with Gasteiger partial charge >= 0.3 is 29.8 Å². The largest absolute Gasteiger partial charge is 0.462 e. The molecule has 1 amide bonds. The molecule has 12 nitrogen and oxygen atoms in total. The summed E-state index contributed by atoms with van der Waals surface area (Å²) in [6.07, 6.45) is 21.4. The molecule has 0 spiro atoms. The number of unbranched alkanes of at least 4 members (excludes halogenated alkanes) is 21. The molecule has 1 N–H and O–H groups in total. The first-order chi connectivity index (χ1) is 24.9. The van der Waals surface area contributed by atoms with Crippen LogP contribution in [0.2, 0.25) is 0 Å². The zero-order valence-electron chi connectivity index (χ0n) is 33.3. The van der Waals surface area contributed by atoms with Crippen LogP contribution in [0, 0.1) is 0 Å². The van der Waals surface area contributed by atoms with Crippen molar-refractivity contribution in [1.29, 1.82) is 0 Å². The molecule has 0 aliphatic carbocycles. The Morgan fingerprint density at radius 1 is 0.423 bits per heavy atom. The summed E-state index contributed by atoms with van der Waals surface area (Å²) in [5.74, 6) is -4.98. The third kappa shape index (κ3) is 28.4. The van der Waals surface area contributed by atoms with Gasteiger partial charge in [0.2, 0.25) is 6.10 Å². The van der Waals surface area contributed by atoms with E-state index in [1.165, 1.54) is 116 Å². The molecule has 0 aromatic heterocycles. The van der Waals surface area contributed by atoms with Crippen LogP contribution in [-0.4, -0.2) is 73.3 Å². The van der Waals surface area contributed by atoms with E-state index in [0.717, 1.165) is 53.9 Å². The van der Waals surface area contributed by atoms with E-state index in [2.05, 4.69) is 12.2 Å². The van der Waals surface area contributed by atoms with Gasteiger partial charge in [-0.15, -0.1) is 0 Å². The summed E-state index contributed by atoms with van der Waals surface area (Å²) in [5.41, 5.74) is 0.